The quantitative estimate of drug-likeness (QED) is 0.375. The number of hydrogen-bond donors (Lipinski definition) is 0. The Balaban J connectivity index is -0.000000000791. The molecule has 0 nitrogen and oxygen atoms in total. The Morgan fingerprint density at radius 2 is 0.304 bits per heavy atom. The van der Waals surface area contributed by atoms with Crippen LogP contribution in [-0.2, 0) is 0 Å². The van der Waals surface area contributed by atoms with E-state index in [0.29, 0.717) is 0 Å². The summed E-state index contributed by atoms with van der Waals surface area (Å²) in [4.78, 5) is 0. The third-order valence-electron chi connectivity index (χ3n) is 0.500. The van der Waals surface area contributed by atoms with Crippen molar-refractivity contribution in [2.45, 2.75) is 54.4 Å². The van der Waals surface area contributed by atoms with E-state index < -0.39 is 0 Å². The number of unbranched alkanes of at least 4 members (excludes halogenated alkanes) is 1. The molecule has 0 radical (unpaired) electrons. The molecule has 0 amide bonds. The Morgan fingerprint density at radius 3 is 0.304 bits per heavy atom. The molecule has 0 unspecified atom stereocenters. The maximum atomic E-state index is 2.18. The molecule has 0 fully saturated rings. The molecule has 0 saturated carbocycles. The van der Waals surface area contributed by atoms with Crippen LogP contribution in [0.25, 0.3) is 0 Å². The maximum Gasteiger partial charge on any atom is 0 e. The van der Waals surface area contributed by atoms with Crippen molar-refractivity contribution in [1.82, 2.24) is 0 Å². The summed E-state index contributed by atoms with van der Waals surface area (Å²) in [6.07, 6.45) is 2.64. The van der Waals surface area contributed by atoms with Gasteiger partial charge in [-0.05, 0) is 0 Å². The van der Waals surface area contributed by atoms with Crippen molar-refractivity contribution in [3.8, 4) is 0 Å². The molecular weight excluding hydrogens is 3670 g/mol. The predicted molar refractivity (Wildman–Crippen MR) is 43.3 cm³/mol. The fourth-order valence-electron chi connectivity index (χ4n) is 0. The minimum atomic E-state index is 0. The van der Waals surface area contributed by atoms with Crippen molar-refractivity contribution >= 4 is 0 Å². The number of hydrogen-bond acceptors (Lipinski definition) is 0. The molecule has 0 atom stereocenters. The molecular formula is C8H22U15. The maximum absolute atomic E-state index is 2.18. The SMILES string of the molecule is CC.CC.CCCC.[U].[U].[U].[U].[U].[U].[U].[U].[U].[U].[U].[U].[U].[U].[U]. The molecule has 0 rings (SSSR count). The van der Waals surface area contributed by atoms with Crippen LogP contribution in [-0.4, -0.2) is 0 Å². The second-order valence-electron chi connectivity index (χ2n) is 1.000. The van der Waals surface area contributed by atoms with Gasteiger partial charge in [-0.2, -0.15) is 0 Å². The van der Waals surface area contributed by atoms with Crippen LogP contribution in [0.5, 0.6) is 0 Å². The standard InChI is InChI=1S/C4H10.2C2H6.15U/c1-3-4-2;2*1-2;;;;;;;;;;;;;;;/h3-4H2,1-2H3;2*1-2H3;;;;;;;;;;;;;;;. The van der Waals surface area contributed by atoms with Gasteiger partial charge >= 0.3 is 0 Å². The van der Waals surface area contributed by atoms with Gasteiger partial charge < -0.3 is 0 Å². The molecule has 0 aromatic rings. The molecule has 0 aliphatic carbocycles. The minimum Gasteiger partial charge on any atom is -0.0683 e. The normalized spacial score (nSPS) is 1.83. The van der Waals surface area contributed by atoms with Crippen molar-refractivity contribution in [3.63, 3.8) is 0 Å². The van der Waals surface area contributed by atoms with E-state index >= 15 is 0 Å². The van der Waals surface area contributed by atoms with Crippen LogP contribution in [0.4, 0.5) is 0 Å². The zero-order valence-electron chi connectivity index (χ0n) is 14.9. The van der Waals surface area contributed by atoms with E-state index in [1.165, 1.54) is 12.8 Å². The van der Waals surface area contributed by atoms with E-state index in [1.54, 1.807) is 0 Å². The van der Waals surface area contributed by atoms with E-state index in [-0.39, 0.29) is 467 Å². The molecule has 0 spiro atoms. The van der Waals surface area contributed by atoms with E-state index in [1.807, 2.05) is 27.7 Å². The molecule has 114 valence electrons. The Hall–Kier alpha value is 15.8. The Labute approximate surface area is 504 Å². The van der Waals surface area contributed by atoms with Gasteiger partial charge in [-0.25, -0.2) is 0 Å². The zero-order chi connectivity index (χ0) is 7.41. The van der Waals surface area contributed by atoms with Gasteiger partial charge in [0, 0.05) is 467 Å². The van der Waals surface area contributed by atoms with Crippen LogP contribution in [0.2, 0.25) is 0 Å². The van der Waals surface area contributed by atoms with E-state index in [2.05, 4.69) is 13.8 Å². The van der Waals surface area contributed by atoms with Crippen molar-refractivity contribution in [1.29, 1.82) is 0 Å². The fraction of sp³-hybridized carbons (Fsp3) is 1.00. The summed E-state index contributed by atoms with van der Waals surface area (Å²) in [6, 6.07) is 0. The van der Waals surface area contributed by atoms with Crippen LogP contribution in [0.3, 0.4) is 0 Å². The largest absolute Gasteiger partial charge is 0.0683 e. The first-order valence-electron chi connectivity index (χ1n) is 3.91. The molecule has 0 bridgehead atoms. The van der Waals surface area contributed by atoms with Crippen LogP contribution in [0.1, 0.15) is 54.4 Å². The average Bonchev–Trinajstić information content (AvgIpc) is 1.96. The Kier molecular flexibility index (Phi) is 901. The summed E-state index contributed by atoms with van der Waals surface area (Å²) in [7, 11) is 0. The van der Waals surface area contributed by atoms with Crippen molar-refractivity contribution in [3.05, 3.63) is 0 Å². The molecule has 0 aliphatic heterocycles. The average molecular weight is 3690 g/mol. The molecule has 0 aromatic carbocycles. The van der Waals surface area contributed by atoms with Gasteiger partial charge in [0.25, 0.3) is 0 Å². The van der Waals surface area contributed by atoms with E-state index in [4.69, 9.17) is 0 Å². The van der Waals surface area contributed by atoms with Crippen LogP contribution in [0.15, 0.2) is 0 Å². The fourth-order valence-corrected chi connectivity index (χ4v) is 0. The third kappa shape index (κ3) is 172. The van der Waals surface area contributed by atoms with Gasteiger partial charge in [0.05, 0.1) is 0 Å². The molecule has 0 heterocycles. The molecule has 0 saturated heterocycles. The van der Waals surface area contributed by atoms with Crippen LogP contribution < -0.4 is 0 Å². The van der Waals surface area contributed by atoms with Gasteiger partial charge in [0.1, 0.15) is 0 Å². The monoisotopic (exact) mass is 3690 g/mol. The minimum absolute atomic E-state index is 0. The van der Waals surface area contributed by atoms with Gasteiger partial charge in [0.2, 0.25) is 0 Å². The van der Waals surface area contributed by atoms with E-state index in [9.17, 15) is 0 Å². The Morgan fingerprint density at radius 1 is 0.261 bits per heavy atom. The van der Waals surface area contributed by atoms with Crippen molar-refractivity contribution < 1.29 is 467 Å². The molecule has 0 N–H and O–H groups in total. The predicted octanol–water partition coefficient (Wildman–Crippen LogP) is 3.86. The second kappa shape index (κ2) is 162. The number of rotatable bonds is 1. The van der Waals surface area contributed by atoms with Crippen LogP contribution in [0, 0.1) is 467 Å². The van der Waals surface area contributed by atoms with Crippen molar-refractivity contribution in [2.24, 2.45) is 0 Å². The van der Waals surface area contributed by atoms with Gasteiger partial charge in [-0.1, -0.05) is 54.4 Å². The summed E-state index contributed by atoms with van der Waals surface area (Å²) >= 11 is 0. The summed E-state index contributed by atoms with van der Waals surface area (Å²) < 4.78 is 0. The summed E-state index contributed by atoms with van der Waals surface area (Å²) in [6.45, 7) is 12.4. The summed E-state index contributed by atoms with van der Waals surface area (Å²) in [5, 5.41) is 0. The smallest absolute Gasteiger partial charge is 0 e. The van der Waals surface area contributed by atoms with Gasteiger partial charge in [0.15, 0.2) is 0 Å². The summed E-state index contributed by atoms with van der Waals surface area (Å²) in [5.74, 6) is 0. The molecule has 0 aliphatic rings. The van der Waals surface area contributed by atoms with Crippen LogP contribution >= 0.6 is 0 Å². The third-order valence-corrected chi connectivity index (χ3v) is 0.500. The first-order chi connectivity index (χ1) is 3.91. The van der Waals surface area contributed by atoms with E-state index in [0.717, 1.165) is 0 Å². The molecule has 0 aromatic heterocycles. The first kappa shape index (κ1) is 128. The topological polar surface area (TPSA) is 0 Å². The van der Waals surface area contributed by atoms with Gasteiger partial charge in [-0.15, -0.1) is 0 Å². The zero-order valence-corrected chi connectivity index (χ0v) is 77.4. The summed E-state index contributed by atoms with van der Waals surface area (Å²) in [5.41, 5.74) is 0. The second-order valence-corrected chi connectivity index (χ2v) is 1.000. The van der Waals surface area contributed by atoms with Crippen molar-refractivity contribution in [2.75, 3.05) is 0 Å². The Bertz CT molecular complexity index is 23.4. The molecule has 15 heteroatoms. The first-order valence-corrected chi connectivity index (χ1v) is 3.91. The van der Waals surface area contributed by atoms with Gasteiger partial charge in [-0.3, -0.25) is 0 Å². The molecule has 23 heavy (non-hydrogen) atoms.